The first-order valence-corrected chi connectivity index (χ1v) is 8.11. The lowest BCUT2D eigenvalue weighted by Crippen LogP contribution is -2.14. The minimum atomic E-state index is -0.246. The molecule has 4 heteroatoms. The Hall–Kier alpha value is -3.40. The molecule has 1 atom stereocenters. The highest BCUT2D eigenvalue weighted by atomic mass is 16.3. The minimum Gasteiger partial charge on any atom is -0.508 e. The standard InChI is InChI=1S/C21H17N3O/c25-18-11-10-15-6-4-5-9-17(15)20(18)21(16-7-2-1-3-8-16)24-19-14-22-12-13-23-19/h1-14,21,25H,(H,23,24). The molecule has 0 aliphatic carbocycles. The Morgan fingerprint density at radius 1 is 0.840 bits per heavy atom. The van der Waals surface area contributed by atoms with E-state index in [1.165, 1.54) is 0 Å². The van der Waals surface area contributed by atoms with E-state index in [4.69, 9.17) is 0 Å². The van der Waals surface area contributed by atoms with Gasteiger partial charge in [0, 0.05) is 18.0 Å². The summed E-state index contributed by atoms with van der Waals surface area (Å²) in [4.78, 5) is 8.45. The monoisotopic (exact) mass is 327 g/mol. The predicted octanol–water partition coefficient (Wildman–Crippen LogP) is 4.54. The Kier molecular flexibility index (Phi) is 4.01. The van der Waals surface area contributed by atoms with E-state index in [2.05, 4.69) is 15.3 Å². The van der Waals surface area contributed by atoms with Gasteiger partial charge in [-0.15, -0.1) is 0 Å². The smallest absolute Gasteiger partial charge is 0.145 e. The van der Waals surface area contributed by atoms with E-state index in [-0.39, 0.29) is 11.8 Å². The normalized spacial score (nSPS) is 12.0. The minimum absolute atomic E-state index is 0.246. The van der Waals surface area contributed by atoms with Crippen LogP contribution in [0.2, 0.25) is 0 Å². The maximum absolute atomic E-state index is 10.6. The van der Waals surface area contributed by atoms with Gasteiger partial charge in [0.05, 0.1) is 12.2 Å². The Morgan fingerprint density at radius 3 is 2.44 bits per heavy atom. The van der Waals surface area contributed by atoms with E-state index in [0.29, 0.717) is 5.82 Å². The lowest BCUT2D eigenvalue weighted by Gasteiger charge is -2.23. The van der Waals surface area contributed by atoms with Gasteiger partial charge < -0.3 is 10.4 Å². The summed E-state index contributed by atoms with van der Waals surface area (Å²) < 4.78 is 0. The number of phenolic OH excluding ortho intramolecular Hbond substituents is 1. The van der Waals surface area contributed by atoms with E-state index < -0.39 is 0 Å². The van der Waals surface area contributed by atoms with E-state index in [0.717, 1.165) is 21.9 Å². The van der Waals surface area contributed by atoms with Gasteiger partial charge in [-0.1, -0.05) is 60.7 Å². The first-order valence-electron chi connectivity index (χ1n) is 8.11. The van der Waals surface area contributed by atoms with Crippen molar-refractivity contribution in [3.63, 3.8) is 0 Å². The average molecular weight is 327 g/mol. The van der Waals surface area contributed by atoms with Crippen LogP contribution in [0.3, 0.4) is 0 Å². The fourth-order valence-corrected chi connectivity index (χ4v) is 3.08. The molecule has 1 unspecified atom stereocenters. The van der Waals surface area contributed by atoms with Crippen molar-refractivity contribution >= 4 is 16.6 Å². The van der Waals surface area contributed by atoms with Crippen LogP contribution in [0.5, 0.6) is 5.75 Å². The van der Waals surface area contributed by atoms with Crippen LogP contribution >= 0.6 is 0 Å². The summed E-state index contributed by atoms with van der Waals surface area (Å²) in [5.74, 6) is 0.910. The number of nitrogens with zero attached hydrogens (tertiary/aromatic N) is 2. The van der Waals surface area contributed by atoms with E-state index in [9.17, 15) is 5.11 Å². The number of aromatic nitrogens is 2. The van der Waals surface area contributed by atoms with Crippen LogP contribution in [0.25, 0.3) is 10.8 Å². The van der Waals surface area contributed by atoms with Crippen molar-refractivity contribution < 1.29 is 5.11 Å². The van der Waals surface area contributed by atoms with Gasteiger partial charge >= 0.3 is 0 Å². The van der Waals surface area contributed by atoms with Crippen LogP contribution in [0.1, 0.15) is 17.2 Å². The SMILES string of the molecule is Oc1ccc2ccccc2c1C(Nc1cnccn1)c1ccccc1. The molecule has 4 rings (SSSR count). The molecule has 0 spiro atoms. The first kappa shape index (κ1) is 15.1. The van der Waals surface area contributed by atoms with Gasteiger partial charge in [0.1, 0.15) is 11.6 Å². The van der Waals surface area contributed by atoms with Crippen LogP contribution < -0.4 is 5.32 Å². The second kappa shape index (κ2) is 6.61. The van der Waals surface area contributed by atoms with Crippen molar-refractivity contribution in [3.05, 3.63) is 96.4 Å². The third-order valence-electron chi connectivity index (χ3n) is 4.22. The average Bonchev–Trinajstić information content (AvgIpc) is 2.68. The number of phenols is 1. The maximum atomic E-state index is 10.6. The quantitative estimate of drug-likeness (QED) is 0.578. The number of aromatic hydroxyl groups is 1. The molecule has 25 heavy (non-hydrogen) atoms. The molecule has 1 heterocycles. The van der Waals surface area contributed by atoms with Gasteiger partial charge in [-0.2, -0.15) is 0 Å². The summed E-state index contributed by atoms with van der Waals surface area (Å²) >= 11 is 0. The summed E-state index contributed by atoms with van der Waals surface area (Å²) in [5.41, 5.74) is 1.87. The third-order valence-corrected chi connectivity index (χ3v) is 4.22. The molecule has 2 N–H and O–H groups in total. The molecule has 3 aromatic carbocycles. The number of fused-ring (bicyclic) bond motifs is 1. The molecule has 4 aromatic rings. The second-order valence-corrected chi connectivity index (χ2v) is 5.80. The number of rotatable bonds is 4. The largest absolute Gasteiger partial charge is 0.508 e. The zero-order valence-electron chi connectivity index (χ0n) is 13.5. The van der Waals surface area contributed by atoms with Crippen molar-refractivity contribution in [2.45, 2.75) is 6.04 Å². The molecule has 1 aromatic heterocycles. The Morgan fingerprint density at radius 2 is 1.64 bits per heavy atom. The van der Waals surface area contributed by atoms with Crippen molar-refractivity contribution in [3.8, 4) is 5.75 Å². The summed E-state index contributed by atoms with van der Waals surface area (Å²) in [6, 6.07) is 21.5. The Labute approximate surface area is 145 Å². The van der Waals surface area contributed by atoms with E-state index in [1.54, 1.807) is 24.7 Å². The summed E-state index contributed by atoms with van der Waals surface area (Å²) in [7, 11) is 0. The van der Waals surface area contributed by atoms with Crippen LogP contribution in [-0.2, 0) is 0 Å². The molecule has 0 radical (unpaired) electrons. The molecule has 0 saturated heterocycles. The number of hydrogen-bond acceptors (Lipinski definition) is 4. The van der Waals surface area contributed by atoms with Crippen molar-refractivity contribution in [1.82, 2.24) is 9.97 Å². The highest BCUT2D eigenvalue weighted by Crippen LogP contribution is 2.37. The van der Waals surface area contributed by atoms with Crippen LogP contribution in [0.15, 0.2) is 85.3 Å². The van der Waals surface area contributed by atoms with Gasteiger partial charge in [-0.3, -0.25) is 4.98 Å². The number of anilines is 1. The lowest BCUT2D eigenvalue weighted by molar-refractivity contribution is 0.468. The molecule has 122 valence electrons. The highest BCUT2D eigenvalue weighted by Gasteiger charge is 2.20. The van der Waals surface area contributed by atoms with Gasteiger partial charge in [-0.25, -0.2) is 4.98 Å². The first-order chi connectivity index (χ1) is 12.3. The predicted molar refractivity (Wildman–Crippen MR) is 99.6 cm³/mol. The third kappa shape index (κ3) is 3.02. The molecule has 0 bridgehead atoms. The van der Waals surface area contributed by atoms with Crippen molar-refractivity contribution in [2.75, 3.05) is 5.32 Å². The van der Waals surface area contributed by atoms with Gasteiger partial charge in [0.2, 0.25) is 0 Å². The summed E-state index contributed by atoms with van der Waals surface area (Å²) in [6.45, 7) is 0. The number of benzene rings is 3. The maximum Gasteiger partial charge on any atom is 0.145 e. The molecular weight excluding hydrogens is 310 g/mol. The fourth-order valence-electron chi connectivity index (χ4n) is 3.08. The molecule has 0 saturated carbocycles. The zero-order chi connectivity index (χ0) is 17.1. The zero-order valence-corrected chi connectivity index (χ0v) is 13.5. The molecule has 0 fully saturated rings. The van der Waals surface area contributed by atoms with Gasteiger partial charge in [0.25, 0.3) is 0 Å². The lowest BCUT2D eigenvalue weighted by atomic mass is 9.92. The summed E-state index contributed by atoms with van der Waals surface area (Å²) in [5, 5.41) is 16.1. The topological polar surface area (TPSA) is 58.0 Å². The van der Waals surface area contributed by atoms with Crippen LogP contribution in [0.4, 0.5) is 5.82 Å². The number of nitrogens with one attached hydrogen (secondary N) is 1. The Bertz CT molecular complexity index is 988. The van der Waals surface area contributed by atoms with Crippen LogP contribution in [0, 0.1) is 0 Å². The molecule has 0 amide bonds. The Balaban J connectivity index is 1.91. The molecule has 4 nitrogen and oxygen atoms in total. The van der Waals surface area contributed by atoms with Crippen molar-refractivity contribution in [2.24, 2.45) is 0 Å². The molecule has 0 aliphatic rings. The second-order valence-electron chi connectivity index (χ2n) is 5.80. The fraction of sp³-hybridized carbons (Fsp3) is 0.0476. The van der Waals surface area contributed by atoms with Gasteiger partial charge in [0.15, 0.2) is 0 Å². The molecular formula is C21H17N3O. The summed E-state index contributed by atoms with van der Waals surface area (Å²) in [6.07, 6.45) is 4.96. The van der Waals surface area contributed by atoms with Crippen LogP contribution in [-0.4, -0.2) is 15.1 Å². The molecule has 0 aliphatic heterocycles. The van der Waals surface area contributed by atoms with Gasteiger partial charge in [-0.05, 0) is 22.4 Å². The van der Waals surface area contributed by atoms with Crippen molar-refractivity contribution in [1.29, 1.82) is 0 Å². The highest BCUT2D eigenvalue weighted by molar-refractivity contribution is 5.89. The van der Waals surface area contributed by atoms with E-state index in [1.807, 2.05) is 60.7 Å². The number of hydrogen-bond donors (Lipinski definition) is 2. The van der Waals surface area contributed by atoms with E-state index >= 15 is 0 Å².